The average molecular weight is 450 g/mol. The first-order valence-corrected chi connectivity index (χ1v) is 11.1. The molecule has 1 aromatic carbocycles. The number of rotatable bonds is 8. The van der Waals surface area contributed by atoms with Gasteiger partial charge in [-0.2, -0.15) is 9.49 Å². The van der Waals surface area contributed by atoms with Crippen LogP contribution >= 0.6 is 11.3 Å². The normalized spacial score (nSPS) is 14.5. The second-order valence-corrected chi connectivity index (χ2v) is 9.55. The van der Waals surface area contributed by atoms with Gasteiger partial charge in [-0.25, -0.2) is 18.4 Å². The molecule has 2 N–H and O–H groups in total. The number of benzene rings is 1. The molecule has 156 valence electrons. The van der Waals surface area contributed by atoms with Gasteiger partial charge >= 0.3 is 0 Å². The number of aromatic nitrogens is 4. The standard InChI is InChI=1S/C17H15FN6O4S2/c18-13-7-19-17(29-13)22-16(25)15(24-28-8-14-20-9-21-23-14)10-1-3-11(4-2-10)30(26,27)12-5-6-12/h1-4,7,9,12H,5-6,8H2,(H,19,22,25)(H,20,21,23)/b24-15+. The number of nitrogens with one attached hydrogen (secondary N) is 2. The van der Waals surface area contributed by atoms with E-state index in [0.29, 0.717) is 35.6 Å². The number of aromatic amines is 1. The van der Waals surface area contributed by atoms with Crippen LogP contribution in [0.1, 0.15) is 24.2 Å². The summed E-state index contributed by atoms with van der Waals surface area (Å²) >= 11 is 0.658. The third kappa shape index (κ3) is 4.52. The van der Waals surface area contributed by atoms with Crippen LogP contribution < -0.4 is 5.32 Å². The van der Waals surface area contributed by atoms with E-state index in [1.807, 2.05) is 0 Å². The van der Waals surface area contributed by atoms with Crippen LogP contribution in [-0.2, 0) is 26.1 Å². The van der Waals surface area contributed by atoms with Crippen LogP contribution in [0.4, 0.5) is 9.52 Å². The zero-order valence-electron chi connectivity index (χ0n) is 15.3. The molecule has 0 saturated heterocycles. The van der Waals surface area contributed by atoms with Gasteiger partial charge in [0.2, 0.25) is 0 Å². The van der Waals surface area contributed by atoms with Crippen molar-refractivity contribution in [1.82, 2.24) is 20.2 Å². The van der Waals surface area contributed by atoms with E-state index in [1.165, 1.54) is 30.6 Å². The zero-order valence-corrected chi connectivity index (χ0v) is 16.9. The molecule has 1 aliphatic carbocycles. The Morgan fingerprint density at radius 3 is 2.67 bits per heavy atom. The Morgan fingerprint density at radius 1 is 1.30 bits per heavy atom. The van der Waals surface area contributed by atoms with Crippen LogP contribution in [0.3, 0.4) is 0 Å². The lowest BCUT2D eigenvalue weighted by atomic mass is 10.1. The van der Waals surface area contributed by atoms with Crippen molar-refractivity contribution in [3.63, 3.8) is 0 Å². The Balaban J connectivity index is 1.57. The molecule has 2 aromatic heterocycles. The van der Waals surface area contributed by atoms with E-state index in [9.17, 15) is 17.6 Å². The molecule has 1 saturated carbocycles. The number of halogens is 1. The molecule has 1 amide bonds. The number of anilines is 1. The number of sulfone groups is 1. The van der Waals surface area contributed by atoms with Gasteiger partial charge in [-0.05, 0) is 25.0 Å². The van der Waals surface area contributed by atoms with Gasteiger partial charge in [-0.1, -0.05) is 28.6 Å². The molecular formula is C17H15FN6O4S2. The van der Waals surface area contributed by atoms with Crippen molar-refractivity contribution in [3.8, 4) is 0 Å². The van der Waals surface area contributed by atoms with Gasteiger partial charge in [0.15, 0.2) is 38.2 Å². The molecule has 0 atom stereocenters. The Bertz CT molecular complexity index is 1170. The third-order valence-corrected chi connectivity index (χ3v) is 7.13. The number of hydrogen-bond donors (Lipinski definition) is 2. The molecule has 10 nitrogen and oxygen atoms in total. The van der Waals surface area contributed by atoms with Crippen molar-refractivity contribution >= 4 is 37.9 Å². The summed E-state index contributed by atoms with van der Waals surface area (Å²) in [5, 5.41) is 11.7. The van der Waals surface area contributed by atoms with Gasteiger partial charge in [-0.3, -0.25) is 15.2 Å². The van der Waals surface area contributed by atoms with Crippen LogP contribution in [0.5, 0.6) is 0 Å². The predicted octanol–water partition coefficient (Wildman–Crippen LogP) is 1.90. The van der Waals surface area contributed by atoms with Gasteiger partial charge in [0.05, 0.1) is 16.3 Å². The lowest BCUT2D eigenvalue weighted by Crippen LogP contribution is -2.24. The first-order valence-electron chi connectivity index (χ1n) is 8.74. The molecule has 0 radical (unpaired) electrons. The van der Waals surface area contributed by atoms with Crippen molar-refractivity contribution in [1.29, 1.82) is 0 Å². The molecule has 30 heavy (non-hydrogen) atoms. The Morgan fingerprint density at radius 2 is 2.07 bits per heavy atom. The fraction of sp³-hybridized carbons (Fsp3) is 0.235. The number of oxime groups is 1. The summed E-state index contributed by atoms with van der Waals surface area (Å²) in [6, 6.07) is 5.78. The van der Waals surface area contributed by atoms with E-state index >= 15 is 0 Å². The average Bonchev–Trinajstić information content (AvgIpc) is 3.34. The Kier molecular flexibility index (Phi) is 5.55. The summed E-state index contributed by atoms with van der Waals surface area (Å²) in [4.78, 5) is 25.7. The molecule has 0 aliphatic heterocycles. The Hall–Kier alpha value is -3.19. The Labute approximate surface area is 174 Å². The van der Waals surface area contributed by atoms with Gasteiger partial charge in [0.25, 0.3) is 5.91 Å². The lowest BCUT2D eigenvalue weighted by Gasteiger charge is -2.08. The lowest BCUT2D eigenvalue weighted by molar-refractivity contribution is -0.110. The highest BCUT2D eigenvalue weighted by molar-refractivity contribution is 7.92. The number of amides is 1. The van der Waals surface area contributed by atoms with E-state index in [2.05, 4.69) is 30.6 Å². The van der Waals surface area contributed by atoms with Crippen LogP contribution in [0.2, 0.25) is 0 Å². The van der Waals surface area contributed by atoms with Crippen LogP contribution in [0, 0.1) is 5.13 Å². The first-order chi connectivity index (χ1) is 14.4. The highest BCUT2D eigenvalue weighted by Crippen LogP contribution is 2.33. The largest absolute Gasteiger partial charge is 0.387 e. The zero-order chi connectivity index (χ0) is 21.1. The molecule has 0 unspecified atom stereocenters. The fourth-order valence-corrected chi connectivity index (χ4v) is 4.72. The van der Waals surface area contributed by atoms with Crippen LogP contribution in [-0.4, -0.2) is 45.5 Å². The maximum atomic E-state index is 13.2. The molecule has 4 rings (SSSR count). The molecule has 1 fully saturated rings. The van der Waals surface area contributed by atoms with Gasteiger partial charge in [0.1, 0.15) is 6.33 Å². The van der Waals surface area contributed by atoms with Gasteiger partial charge in [0, 0.05) is 5.56 Å². The van der Waals surface area contributed by atoms with Crippen LogP contribution in [0.15, 0.2) is 46.8 Å². The predicted molar refractivity (Wildman–Crippen MR) is 105 cm³/mol. The van der Waals surface area contributed by atoms with Crippen molar-refractivity contribution in [2.24, 2.45) is 5.16 Å². The number of carbonyl (C=O) groups excluding carboxylic acids is 1. The minimum Gasteiger partial charge on any atom is -0.387 e. The SMILES string of the molecule is O=C(Nc1ncc(F)s1)/C(=N/OCc1ncn[nH]1)c1ccc(S(=O)(=O)C2CC2)cc1. The maximum absolute atomic E-state index is 13.2. The molecule has 2 heterocycles. The second kappa shape index (κ2) is 8.28. The minimum atomic E-state index is -3.36. The summed E-state index contributed by atoms with van der Waals surface area (Å²) in [5.41, 5.74) is 0.178. The number of hydrogen-bond acceptors (Lipinski definition) is 9. The number of nitrogens with zero attached hydrogens (tertiary/aromatic N) is 4. The number of H-pyrrole nitrogens is 1. The summed E-state index contributed by atoms with van der Waals surface area (Å²) in [5.74, 6) is -0.300. The molecule has 0 bridgehead atoms. The summed E-state index contributed by atoms with van der Waals surface area (Å²) < 4.78 is 37.9. The van der Waals surface area contributed by atoms with Crippen molar-refractivity contribution in [2.75, 3.05) is 5.32 Å². The fourth-order valence-electron chi connectivity index (χ4n) is 2.53. The molecule has 1 aliphatic rings. The van der Waals surface area contributed by atoms with E-state index in [4.69, 9.17) is 4.84 Å². The quantitative estimate of drug-likeness (QED) is 0.395. The topological polar surface area (TPSA) is 139 Å². The van der Waals surface area contributed by atoms with E-state index in [1.54, 1.807) is 0 Å². The van der Waals surface area contributed by atoms with Crippen molar-refractivity contribution in [2.45, 2.75) is 29.6 Å². The highest BCUT2D eigenvalue weighted by atomic mass is 32.2. The molecular weight excluding hydrogens is 435 g/mol. The summed E-state index contributed by atoms with van der Waals surface area (Å²) in [6.45, 7) is -0.0726. The number of carbonyl (C=O) groups is 1. The highest BCUT2D eigenvalue weighted by Gasteiger charge is 2.36. The van der Waals surface area contributed by atoms with E-state index < -0.39 is 20.9 Å². The summed E-state index contributed by atoms with van der Waals surface area (Å²) in [7, 11) is -3.36. The summed E-state index contributed by atoms with van der Waals surface area (Å²) in [6.07, 6.45) is 3.58. The molecule has 3 aromatic rings. The van der Waals surface area contributed by atoms with E-state index in [0.717, 1.165) is 6.20 Å². The van der Waals surface area contributed by atoms with E-state index in [-0.39, 0.29) is 27.6 Å². The van der Waals surface area contributed by atoms with Gasteiger partial charge < -0.3 is 4.84 Å². The monoisotopic (exact) mass is 450 g/mol. The van der Waals surface area contributed by atoms with Gasteiger partial charge in [-0.15, -0.1) is 0 Å². The first kappa shape index (κ1) is 20.1. The number of thiazole rings is 1. The third-order valence-electron chi connectivity index (χ3n) is 4.15. The maximum Gasteiger partial charge on any atom is 0.280 e. The smallest absolute Gasteiger partial charge is 0.280 e. The molecule has 13 heteroatoms. The second-order valence-electron chi connectivity index (χ2n) is 6.34. The van der Waals surface area contributed by atoms with Crippen molar-refractivity contribution < 1.29 is 22.4 Å². The minimum absolute atomic E-state index is 0.0494. The molecule has 0 spiro atoms. The van der Waals surface area contributed by atoms with Crippen LogP contribution in [0.25, 0.3) is 0 Å². The van der Waals surface area contributed by atoms with Crippen molar-refractivity contribution in [3.05, 3.63) is 53.3 Å².